The van der Waals surface area contributed by atoms with E-state index >= 15 is 0 Å². The maximum atomic E-state index is 8.46. The quantitative estimate of drug-likeness (QED) is 0.340. The van der Waals surface area contributed by atoms with Crippen molar-refractivity contribution >= 4 is 15.5 Å². The van der Waals surface area contributed by atoms with E-state index in [1.165, 1.54) is 0 Å². The SMILES string of the molecule is [Li+].[O]=[Al][O-].[Ru]. The third-order valence-corrected chi connectivity index (χ3v) is 0. The Hall–Kier alpha value is 1.35. The molecule has 0 heterocycles. The first-order valence-corrected chi connectivity index (χ1v) is 1.41. The molecule has 24 valence electrons. The molecule has 0 bridgehead atoms. The molecule has 0 rings (SSSR count). The monoisotopic (exact) mass is 168 g/mol. The van der Waals surface area contributed by atoms with Crippen molar-refractivity contribution in [3.63, 3.8) is 0 Å². The van der Waals surface area contributed by atoms with Gasteiger partial charge in [0.05, 0.1) is 0 Å². The van der Waals surface area contributed by atoms with Crippen LogP contribution in [0.1, 0.15) is 0 Å². The van der Waals surface area contributed by atoms with Crippen LogP contribution in [-0.4, -0.2) is 15.5 Å². The minimum Gasteiger partial charge on any atom is 0 e. The predicted octanol–water partition coefficient (Wildman–Crippen LogP) is -4.69. The van der Waals surface area contributed by atoms with E-state index in [0.29, 0.717) is 0 Å². The molecular weight excluding hydrogens is 167 g/mol. The van der Waals surface area contributed by atoms with E-state index in [2.05, 4.69) is 0 Å². The molecule has 0 amide bonds. The van der Waals surface area contributed by atoms with Crippen molar-refractivity contribution in [2.75, 3.05) is 0 Å². The van der Waals surface area contributed by atoms with Crippen LogP contribution in [0, 0.1) is 0 Å². The molecule has 0 spiro atoms. The van der Waals surface area contributed by atoms with Gasteiger partial charge in [-0.25, -0.2) is 0 Å². The summed E-state index contributed by atoms with van der Waals surface area (Å²) in [5.74, 6) is 0. The zero-order chi connectivity index (χ0) is 2.71. The Bertz CT molecular complexity index is 17.1. The van der Waals surface area contributed by atoms with Crippen molar-refractivity contribution in [1.82, 2.24) is 0 Å². The van der Waals surface area contributed by atoms with Crippen LogP contribution in [0.4, 0.5) is 0 Å². The summed E-state index contributed by atoms with van der Waals surface area (Å²) in [6, 6.07) is 0. The van der Waals surface area contributed by atoms with E-state index < -0.39 is 15.5 Å². The zero-order valence-electron chi connectivity index (χ0n) is 2.75. The Morgan fingerprint density at radius 1 is 1.60 bits per heavy atom. The van der Waals surface area contributed by atoms with E-state index in [0.717, 1.165) is 0 Å². The fourth-order valence-corrected chi connectivity index (χ4v) is 0. The molecule has 0 radical (unpaired) electrons. The normalized spacial score (nSPS) is 1.60. The maximum Gasteiger partial charge on any atom is 0 e. The van der Waals surface area contributed by atoms with E-state index in [-0.39, 0.29) is 38.3 Å². The predicted molar refractivity (Wildman–Crippen MR) is 6.44 cm³/mol. The molecule has 5 heteroatoms. The average molecular weight is 167 g/mol. The fraction of sp³-hybridized carbons (Fsp3) is 0. The summed E-state index contributed by atoms with van der Waals surface area (Å²) in [6.07, 6.45) is 0. The van der Waals surface area contributed by atoms with E-state index in [1.54, 1.807) is 0 Å². The second-order valence-electron chi connectivity index (χ2n) is 0.0962. The second kappa shape index (κ2) is 18.3. The molecule has 0 aliphatic carbocycles. The summed E-state index contributed by atoms with van der Waals surface area (Å²) in [5.41, 5.74) is 0. The number of hydrogen-bond donors (Lipinski definition) is 0. The molecule has 0 aromatic heterocycles. The molecule has 0 aliphatic heterocycles. The molecule has 0 aromatic carbocycles. The van der Waals surface area contributed by atoms with Crippen molar-refractivity contribution in [2.24, 2.45) is 0 Å². The van der Waals surface area contributed by atoms with Gasteiger partial charge in [0.2, 0.25) is 0 Å². The Morgan fingerprint density at radius 2 is 1.60 bits per heavy atom. The molecule has 0 aromatic rings. The first-order chi connectivity index (χ1) is 1.41. The third kappa shape index (κ3) is 32.9. The minimum atomic E-state index is -1.75. The van der Waals surface area contributed by atoms with Gasteiger partial charge in [-0.1, -0.05) is 0 Å². The largest absolute Gasteiger partial charge is 0 e. The summed E-state index contributed by atoms with van der Waals surface area (Å²) in [6.45, 7) is 0. The van der Waals surface area contributed by atoms with Crippen LogP contribution < -0.4 is 23.0 Å². The van der Waals surface area contributed by atoms with Gasteiger partial charge in [-0.05, 0) is 0 Å². The maximum absolute atomic E-state index is 8.46. The number of hydrogen-bond acceptors (Lipinski definition) is 2. The molecule has 5 heavy (non-hydrogen) atoms. The summed E-state index contributed by atoms with van der Waals surface area (Å²) < 4.78 is 16.9. The Morgan fingerprint density at radius 3 is 1.60 bits per heavy atom. The van der Waals surface area contributed by atoms with Gasteiger partial charge in [-0.2, -0.15) is 0 Å². The van der Waals surface area contributed by atoms with Gasteiger partial charge in [-0.3, -0.25) is 0 Å². The van der Waals surface area contributed by atoms with Gasteiger partial charge in [-0.15, -0.1) is 0 Å². The molecule has 0 aliphatic rings. The Balaban J connectivity index is -0.0000000200. The molecule has 0 fully saturated rings. The van der Waals surface area contributed by atoms with Crippen LogP contribution in [0.25, 0.3) is 0 Å². The van der Waals surface area contributed by atoms with E-state index in [4.69, 9.17) is 7.96 Å². The van der Waals surface area contributed by atoms with Crippen LogP contribution in [0.2, 0.25) is 0 Å². The van der Waals surface area contributed by atoms with Crippen molar-refractivity contribution < 1.29 is 46.3 Å². The smallest absolute Gasteiger partial charge is 0 e. The third-order valence-electron chi connectivity index (χ3n) is 0. The summed E-state index contributed by atoms with van der Waals surface area (Å²) in [7, 11) is 0. The Labute approximate surface area is 61.5 Å². The summed E-state index contributed by atoms with van der Waals surface area (Å²) >= 11 is -1.75. The Kier molecular flexibility index (Phi) is 59.3. The van der Waals surface area contributed by atoms with Crippen molar-refractivity contribution in [1.29, 1.82) is 0 Å². The van der Waals surface area contributed by atoms with Gasteiger partial charge in [0.15, 0.2) is 0 Å². The minimum absolute atomic E-state index is 0. The second-order valence-corrected chi connectivity index (χ2v) is 0.289. The standard InChI is InChI=1S/Al.Li.2O.Ru/q;+1;;-1;. The van der Waals surface area contributed by atoms with Crippen LogP contribution in [0.5, 0.6) is 0 Å². The molecule has 0 unspecified atom stereocenters. The van der Waals surface area contributed by atoms with Crippen molar-refractivity contribution in [3.8, 4) is 0 Å². The molecule has 0 saturated carbocycles. The van der Waals surface area contributed by atoms with Gasteiger partial charge < -0.3 is 0 Å². The molecule has 2 nitrogen and oxygen atoms in total. The van der Waals surface area contributed by atoms with E-state index in [9.17, 15) is 0 Å². The molecule has 0 saturated heterocycles. The number of rotatable bonds is 0. The fourth-order valence-electron chi connectivity index (χ4n) is 0. The first kappa shape index (κ1) is 16.2. The summed E-state index contributed by atoms with van der Waals surface area (Å²) in [5, 5.41) is 0. The molecular formula is AlLiO2Ru. The van der Waals surface area contributed by atoms with Gasteiger partial charge in [0.25, 0.3) is 0 Å². The van der Waals surface area contributed by atoms with Crippen LogP contribution in [0.15, 0.2) is 0 Å². The molecule has 0 atom stereocenters. The van der Waals surface area contributed by atoms with Crippen LogP contribution in [0.3, 0.4) is 0 Å². The van der Waals surface area contributed by atoms with Crippen LogP contribution in [-0.2, 0) is 23.3 Å². The topological polar surface area (TPSA) is 40.1 Å². The zero-order valence-corrected chi connectivity index (χ0v) is 5.64. The van der Waals surface area contributed by atoms with Gasteiger partial charge >= 0.3 is 42.3 Å². The molecule has 0 N–H and O–H groups in total. The van der Waals surface area contributed by atoms with Crippen LogP contribution >= 0.6 is 0 Å². The average Bonchev–Trinajstić information content (AvgIpc) is 0.918. The van der Waals surface area contributed by atoms with E-state index in [1.807, 2.05) is 0 Å². The van der Waals surface area contributed by atoms with Crippen molar-refractivity contribution in [3.05, 3.63) is 0 Å². The van der Waals surface area contributed by atoms with Gasteiger partial charge in [0, 0.05) is 19.5 Å². The van der Waals surface area contributed by atoms with Gasteiger partial charge in [0.1, 0.15) is 0 Å². The first-order valence-electron chi connectivity index (χ1n) is 0.471. The summed E-state index contributed by atoms with van der Waals surface area (Å²) in [4.78, 5) is 0. The van der Waals surface area contributed by atoms with Crippen molar-refractivity contribution in [2.45, 2.75) is 0 Å².